The zero-order chi connectivity index (χ0) is 17.9. The average molecular weight is 360 g/mol. The van der Waals surface area contributed by atoms with Gasteiger partial charge in [0.2, 0.25) is 0 Å². The number of allylic oxidation sites excluding steroid dienone is 2. The molecule has 0 saturated heterocycles. The van der Waals surface area contributed by atoms with Crippen molar-refractivity contribution in [2.45, 2.75) is 32.6 Å². The van der Waals surface area contributed by atoms with Crippen molar-refractivity contribution in [3.8, 4) is 5.75 Å². The number of carbonyl (C=O) groups excluding carboxylic acids is 1. The number of carbonyl (C=O) groups is 1. The minimum Gasteiger partial charge on any atom is -0.460 e. The maximum atomic E-state index is 13.1. The van der Waals surface area contributed by atoms with Gasteiger partial charge in [-0.15, -0.1) is 11.3 Å². The number of rotatable bonds is 1. The zero-order valence-corrected chi connectivity index (χ0v) is 15.7. The highest BCUT2D eigenvalue weighted by Crippen LogP contribution is 2.52. The molecule has 0 saturated carbocycles. The SMILES string of the molecule is CC1(C)CC(=O)C2=C(C1)Oc1c(ccc3ccccc13)C2c1cccs1. The zero-order valence-electron chi connectivity index (χ0n) is 14.9. The Balaban J connectivity index is 1.80. The first kappa shape index (κ1) is 15.8. The molecule has 3 heteroatoms. The van der Waals surface area contributed by atoms with Crippen molar-refractivity contribution in [2.75, 3.05) is 0 Å². The topological polar surface area (TPSA) is 26.3 Å². The molecule has 2 nitrogen and oxygen atoms in total. The number of benzene rings is 2. The highest BCUT2D eigenvalue weighted by molar-refractivity contribution is 7.10. The molecule has 0 radical (unpaired) electrons. The molecule has 2 heterocycles. The molecule has 0 spiro atoms. The van der Waals surface area contributed by atoms with Crippen LogP contribution in [-0.4, -0.2) is 5.78 Å². The largest absolute Gasteiger partial charge is 0.460 e. The van der Waals surface area contributed by atoms with Gasteiger partial charge in [0.1, 0.15) is 11.5 Å². The maximum Gasteiger partial charge on any atom is 0.163 e. The second kappa shape index (κ2) is 5.55. The summed E-state index contributed by atoms with van der Waals surface area (Å²) in [5.41, 5.74) is 1.92. The molecule has 3 aromatic rings. The van der Waals surface area contributed by atoms with E-state index >= 15 is 0 Å². The van der Waals surface area contributed by atoms with Crippen LogP contribution in [0.5, 0.6) is 5.75 Å². The number of hydrogen-bond acceptors (Lipinski definition) is 3. The highest BCUT2D eigenvalue weighted by Gasteiger charge is 2.42. The molecule has 1 unspecified atom stereocenters. The summed E-state index contributed by atoms with van der Waals surface area (Å²) >= 11 is 1.71. The van der Waals surface area contributed by atoms with Crippen LogP contribution >= 0.6 is 11.3 Å². The summed E-state index contributed by atoms with van der Waals surface area (Å²) < 4.78 is 6.45. The summed E-state index contributed by atoms with van der Waals surface area (Å²) in [6.07, 6.45) is 1.39. The van der Waals surface area contributed by atoms with Gasteiger partial charge in [-0.05, 0) is 22.2 Å². The van der Waals surface area contributed by atoms with Gasteiger partial charge in [0.15, 0.2) is 5.78 Å². The molecule has 26 heavy (non-hydrogen) atoms. The highest BCUT2D eigenvalue weighted by atomic mass is 32.1. The summed E-state index contributed by atoms with van der Waals surface area (Å²) in [4.78, 5) is 14.3. The minimum absolute atomic E-state index is 0.0121. The molecule has 0 bridgehead atoms. The lowest BCUT2D eigenvalue weighted by atomic mass is 9.71. The fourth-order valence-corrected chi connectivity index (χ4v) is 5.17. The van der Waals surface area contributed by atoms with Crippen LogP contribution in [0, 0.1) is 5.41 Å². The number of thiophene rings is 1. The second-order valence-electron chi connectivity index (χ2n) is 8.03. The van der Waals surface area contributed by atoms with E-state index in [2.05, 4.69) is 55.6 Å². The summed E-state index contributed by atoms with van der Waals surface area (Å²) in [5, 5.41) is 4.37. The van der Waals surface area contributed by atoms with Crippen molar-refractivity contribution in [3.63, 3.8) is 0 Å². The lowest BCUT2D eigenvalue weighted by Gasteiger charge is -2.38. The van der Waals surface area contributed by atoms with Crippen molar-refractivity contribution >= 4 is 27.9 Å². The molecule has 130 valence electrons. The summed E-state index contributed by atoms with van der Waals surface area (Å²) in [6.45, 7) is 4.30. The molecule has 2 aliphatic rings. The second-order valence-corrected chi connectivity index (χ2v) is 9.01. The summed E-state index contributed by atoms with van der Waals surface area (Å²) in [6, 6.07) is 16.8. The predicted octanol–water partition coefficient (Wildman–Crippen LogP) is 6.07. The number of hydrogen-bond donors (Lipinski definition) is 0. The van der Waals surface area contributed by atoms with Gasteiger partial charge in [0.25, 0.3) is 0 Å². The quantitative estimate of drug-likeness (QED) is 0.526. The molecule has 2 aromatic carbocycles. The summed E-state index contributed by atoms with van der Waals surface area (Å²) in [5.74, 6) is 2.01. The van der Waals surface area contributed by atoms with Gasteiger partial charge in [-0.25, -0.2) is 0 Å². The lowest BCUT2D eigenvalue weighted by Crippen LogP contribution is -2.32. The third-order valence-corrected chi connectivity index (χ3v) is 6.38. The summed E-state index contributed by atoms with van der Waals surface area (Å²) in [7, 11) is 0. The molecule has 0 N–H and O–H groups in total. The Bertz CT molecular complexity index is 1060. The van der Waals surface area contributed by atoms with E-state index in [0.717, 1.165) is 34.5 Å². The molecule has 1 aliphatic heterocycles. The van der Waals surface area contributed by atoms with E-state index in [1.165, 1.54) is 10.3 Å². The molecule has 1 aromatic heterocycles. The lowest BCUT2D eigenvalue weighted by molar-refractivity contribution is -0.118. The van der Waals surface area contributed by atoms with Crippen LogP contribution in [0.2, 0.25) is 0 Å². The Kier molecular flexibility index (Phi) is 3.38. The molecule has 0 fully saturated rings. The van der Waals surface area contributed by atoms with Gasteiger partial charge in [-0.1, -0.05) is 56.3 Å². The Morgan fingerprint density at radius 3 is 2.69 bits per heavy atom. The van der Waals surface area contributed by atoms with E-state index in [4.69, 9.17) is 4.74 Å². The van der Waals surface area contributed by atoms with Crippen LogP contribution in [0.15, 0.2) is 65.2 Å². The monoisotopic (exact) mass is 360 g/mol. The first-order valence-electron chi connectivity index (χ1n) is 9.03. The number of ketones is 1. The maximum absolute atomic E-state index is 13.1. The van der Waals surface area contributed by atoms with E-state index in [1.807, 2.05) is 12.1 Å². The molecule has 5 rings (SSSR count). The molecular formula is C23H20O2S. The van der Waals surface area contributed by atoms with Gasteiger partial charge >= 0.3 is 0 Å². The molecule has 1 aliphatic carbocycles. The number of Topliss-reactive ketones (excluding diaryl/α,β-unsaturated/α-hetero) is 1. The smallest absolute Gasteiger partial charge is 0.163 e. The van der Waals surface area contributed by atoms with Crippen LogP contribution in [-0.2, 0) is 4.79 Å². The van der Waals surface area contributed by atoms with Crippen molar-refractivity contribution < 1.29 is 9.53 Å². The predicted molar refractivity (Wildman–Crippen MR) is 106 cm³/mol. The van der Waals surface area contributed by atoms with E-state index in [9.17, 15) is 4.79 Å². The Morgan fingerprint density at radius 1 is 1.04 bits per heavy atom. The number of ether oxygens (including phenoxy) is 1. The molecule has 1 atom stereocenters. The van der Waals surface area contributed by atoms with Gasteiger partial charge in [0.05, 0.1) is 5.92 Å². The first-order chi connectivity index (χ1) is 12.5. The van der Waals surface area contributed by atoms with Gasteiger partial charge < -0.3 is 4.74 Å². The van der Waals surface area contributed by atoms with E-state index in [-0.39, 0.29) is 17.1 Å². The van der Waals surface area contributed by atoms with E-state index in [1.54, 1.807) is 11.3 Å². The van der Waals surface area contributed by atoms with Crippen molar-refractivity contribution in [1.29, 1.82) is 0 Å². The van der Waals surface area contributed by atoms with Crippen LogP contribution in [0.25, 0.3) is 10.8 Å². The van der Waals surface area contributed by atoms with E-state index < -0.39 is 0 Å². The number of fused-ring (bicyclic) bond motifs is 3. The Hall–Kier alpha value is -2.39. The third kappa shape index (κ3) is 2.34. The molecular weight excluding hydrogens is 340 g/mol. The van der Waals surface area contributed by atoms with Crippen LogP contribution in [0.4, 0.5) is 0 Å². The Labute approximate surface area is 157 Å². The van der Waals surface area contributed by atoms with Crippen LogP contribution in [0.1, 0.15) is 43.0 Å². The van der Waals surface area contributed by atoms with Gasteiger partial charge in [0, 0.05) is 34.2 Å². The normalized spacial score (nSPS) is 21.3. The van der Waals surface area contributed by atoms with Crippen molar-refractivity contribution in [3.05, 3.63) is 75.7 Å². The average Bonchev–Trinajstić information content (AvgIpc) is 3.13. The van der Waals surface area contributed by atoms with Gasteiger partial charge in [-0.2, -0.15) is 0 Å². The fourth-order valence-electron chi connectivity index (χ4n) is 4.32. The van der Waals surface area contributed by atoms with Crippen molar-refractivity contribution in [2.24, 2.45) is 5.41 Å². The van der Waals surface area contributed by atoms with Crippen LogP contribution in [0.3, 0.4) is 0 Å². The molecule has 0 amide bonds. The minimum atomic E-state index is -0.0575. The third-order valence-electron chi connectivity index (χ3n) is 5.44. The van der Waals surface area contributed by atoms with Crippen LogP contribution < -0.4 is 4.74 Å². The van der Waals surface area contributed by atoms with Gasteiger partial charge in [-0.3, -0.25) is 4.79 Å². The fraction of sp³-hybridized carbons (Fsp3) is 0.261. The van der Waals surface area contributed by atoms with E-state index in [0.29, 0.717) is 6.42 Å². The first-order valence-corrected chi connectivity index (χ1v) is 9.91. The van der Waals surface area contributed by atoms with Crippen molar-refractivity contribution in [1.82, 2.24) is 0 Å². The Morgan fingerprint density at radius 2 is 1.88 bits per heavy atom. The standard InChI is InChI=1S/C23H20O2S/c1-23(2)12-17(24)21-18(13-23)25-22-15-7-4-3-6-14(15)9-10-16(22)20(21)19-8-5-11-26-19/h3-11,20H,12-13H2,1-2H3.